The van der Waals surface area contributed by atoms with Crippen molar-refractivity contribution < 1.29 is 40.1 Å². The Balaban J connectivity index is 1.62. The van der Waals surface area contributed by atoms with Crippen molar-refractivity contribution in [3.8, 4) is 0 Å². The molecule has 11 heteroatoms. The molecule has 0 unspecified atom stereocenters. The molecule has 0 heterocycles. The number of hydrogen-bond donors (Lipinski definition) is 2. The summed E-state index contributed by atoms with van der Waals surface area (Å²) in [5.41, 5.74) is -5.61. The van der Waals surface area contributed by atoms with Crippen LogP contribution in [-0.4, -0.2) is 23.7 Å². The summed E-state index contributed by atoms with van der Waals surface area (Å²) in [4.78, 5) is 19.1. The van der Waals surface area contributed by atoms with Crippen LogP contribution in [0.5, 0.6) is 0 Å². The predicted octanol–water partition coefficient (Wildman–Crippen LogP) is 4.98. The van der Waals surface area contributed by atoms with Gasteiger partial charge in [0, 0.05) is 10.7 Å². The number of allylic oxidation sites excluding steroid dienone is 6. The van der Waals surface area contributed by atoms with Crippen molar-refractivity contribution >= 4 is 17.7 Å². The zero-order valence-corrected chi connectivity index (χ0v) is 18.9. The van der Waals surface area contributed by atoms with Crippen LogP contribution in [0.2, 0.25) is 0 Å². The predicted molar refractivity (Wildman–Crippen MR) is 107 cm³/mol. The van der Waals surface area contributed by atoms with Crippen molar-refractivity contribution in [3.05, 3.63) is 34.9 Å². The number of halogens is 3. The highest BCUT2D eigenvalue weighted by Gasteiger charge is 2.59. The molecule has 5 atom stereocenters. The first-order valence-electron chi connectivity index (χ1n) is 10.3. The van der Waals surface area contributed by atoms with Gasteiger partial charge in [-0.05, 0) is 79.4 Å². The molecule has 0 aromatic carbocycles. The fourth-order valence-electron chi connectivity index (χ4n) is 6.36. The molecule has 0 aromatic rings. The SMILES string of the molecule is C[C@]12CCC(P(=O)(O)O)=CC1=CC[C@@H]1[C@@H]2CC[C@]2(C)C(OS(=O)(=O)C(F)(F)F)=CC[C@@H]12. The van der Waals surface area contributed by atoms with Crippen LogP contribution in [0.15, 0.2) is 34.9 Å². The number of alkyl halides is 3. The minimum Gasteiger partial charge on any atom is -0.380 e. The Kier molecular flexibility index (Phi) is 5.18. The standard InChI is InChI=1S/C20H26F3O6PS/c1-18-9-7-13(30(24,25)26)11-12(18)3-4-14-15-5-6-17(19(15,2)10-8-16(14)18)29-31(27,28)20(21,22)23/h3,6,11,14-16H,4-5,7-10H2,1-2H3,(H2,24,25,26)/t14-,15-,16-,18-,19-/m0/s1. The third-order valence-electron chi connectivity index (χ3n) is 8.11. The Morgan fingerprint density at radius 2 is 1.77 bits per heavy atom. The minimum atomic E-state index is -5.71. The highest BCUT2D eigenvalue weighted by atomic mass is 32.2. The molecule has 0 aromatic heterocycles. The van der Waals surface area contributed by atoms with Crippen LogP contribution >= 0.6 is 7.60 Å². The molecule has 1 saturated carbocycles. The number of hydrogen-bond acceptors (Lipinski definition) is 4. The summed E-state index contributed by atoms with van der Waals surface area (Å²) in [7, 11) is -10.0. The van der Waals surface area contributed by atoms with Crippen molar-refractivity contribution in [3.63, 3.8) is 0 Å². The van der Waals surface area contributed by atoms with E-state index in [1.807, 2.05) is 6.08 Å². The van der Waals surface area contributed by atoms with Crippen LogP contribution in [0.25, 0.3) is 0 Å². The third kappa shape index (κ3) is 3.54. The van der Waals surface area contributed by atoms with Crippen LogP contribution in [0, 0.1) is 28.6 Å². The normalized spacial score (nSPS) is 38.3. The van der Waals surface area contributed by atoms with Gasteiger partial charge >= 0.3 is 23.2 Å². The second-order valence-corrected chi connectivity index (χ2v) is 12.8. The molecule has 4 aliphatic carbocycles. The van der Waals surface area contributed by atoms with Crippen molar-refractivity contribution in [1.82, 2.24) is 0 Å². The maximum atomic E-state index is 12.8. The lowest BCUT2D eigenvalue weighted by Gasteiger charge is -2.56. The summed E-state index contributed by atoms with van der Waals surface area (Å²) in [5, 5.41) is 0.144. The van der Waals surface area contributed by atoms with Gasteiger partial charge in [-0.1, -0.05) is 19.9 Å². The maximum absolute atomic E-state index is 12.8. The summed E-state index contributed by atoms with van der Waals surface area (Å²) in [6.45, 7) is 3.88. The van der Waals surface area contributed by atoms with E-state index in [1.165, 1.54) is 6.08 Å². The first-order chi connectivity index (χ1) is 14.1. The minimum absolute atomic E-state index is 0.0496. The first kappa shape index (κ1) is 23.1. The van der Waals surface area contributed by atoms with Gasteiger partial charge in [-0.3, -0.25) is 4.57 Å². The number of fused-ring (bicyclic) bond motifs is 5. The van der Waals surface area contributed by atoms with E-state index in [-0.39, 0.29) is 34.2 Å². The molecular weight excluding hydrogens is 456 g/mol. The summed E-state index contributed by atoms with van der Waals surface area (Å²) < 4.78 is 78.0. The van der Waals surface area contributed by atoms with Gasteiger partial charge in [0.2, 0.25) is 0 Å². The Morgan fingerprint density at radius 1 is 1.10 bits per heavy atom. The average molecular weight is 482 g/mol. The zero-order valence-electron chi connectivity index (χ0n) is 17.2. The highest BCUT2D eigenvalue weighted by molar-refractivity contribution is 7.87. The van der Waals surface area contributed by atoms with Crippen molar-refractivity contribution in [2.24, 2.45) is 28.6 Å². The van der Waals surface area contributed by atoms with E-state index in [0.29, 0.717) is 38.5 Å². The van der Waals surface area contributed by atoms with Crippen LogP contribution in [-0.2, 0) is 18.9 Å². The van der Waals surface area contributed by atoms with Gasteiger partial charge in [0.15, 0.2) is 0 Å². The molecule has 174 valence electrons. The van der Waals surface area contributed by atoms with E-state index >= 15 is 0 Å². The van der Waals surface area contributed by atoms with Crippen LogP contribution < -0.4 is 0 Å². The zero-order chi connectivity index (χ0) is 23.0. The maximum Gasteiger partial charge on any atom is 0.534 e. The van der Waals surface area contributed by atoms with Gasteiger partial charge in [-0.2, -0.15) is 21.6 Å². The summed E-state index contributed by atoms with van der Waals surface area (Å²) >= 11 is 0. The molecule has 0 amide bonds. The first-order valence-corrected chi connectivity index (χ1v) is 13.3. The summed E-state index contributed by atoms with van der Waals surface area (Å²) in [5.74, 6) is 0.169. The smallest absolute Gasteiger partial charge is 0.380 e. The van der Waals surface area contributed by atoms with Gasteiger partial charge in [0.25, 0.3) is 0 Å². The van der Waals surface area contributed by atoms with Gasteiger partial charge in [-0.25, -0.2) is 0 Å². The second-order valence-electron chi connectivity index (χ2n) is 9.61. The molecule has 2 N–H and O–H groups in total. The lowest BCUT2D eigenvalue weighted by molar-refractivity contribution is -0.0566. The number of rotatable bonds is 3. The molecule has 0 saturated heterocycles. The lowest BCUT2D eigenvalue weighted by atomic mass is 9.48. The van der Waals surface area contributed by atoms with E-state index in [1.54, 1.807) is 13.0 Å². The molecule has 0 radical (unpaired) electrons. The topological polar surface area (TPSA) is 101 Å². The largest absolute Gasteiger partial charge is 0.534 e. The van der Waals surface area contributed by atoms with Crippen LogP contribution in [0.3, 0.4) is 0 Å². The molecule has 31 heavy (non-hydrogen) atoms. The third-order valence-corrected chi connectivity index (χ3v) is 10.2. The molecular formula is C20H26F3O6PS. The van der Waals surface area contributed by atoms with Gasteiger partial charge in [0.05, 0.1) is 0 Å². The Bertz CT molecular complexity index is 1040. The van der Waals surface area contributed by atoms with E-state index in [4.69, 9.17) is 0 Å². The van der Waals surface area contributed by atoms with E-state index in [9.17, 15) is 35.9 Å². The summed E-state index contributed by atoms with van der Waals surface area (Å²) in [6, 6.07) is 0. The van der Waals surface area contributed by atoms with E-state index < -0.39 is 28.6 Å². The van der Waals surface area contributed by atoms with Crippen molar-refractivity contribution in [2.45, 2.75) is 57.9 Å². The Morgan fingerprint density at radius 3 is 2.39 bits per heavy atom. The molecule has 4 rings (SSSR count). The van der Waals surface area contributed by atoms with Gasteiger partial charge in [-0.15, -0.1) is 0 Å². The summed E-state index contributed by atoms with van der Waals surface area (Å²) in [6.07, 6.45) is 8.27. The van der Waals surface area contributed by atoms with Gasteiger partial charge < -0.3 is 14.0 Å². The van der Waals surface area contributed by atoms with E-state index in [0.717, 1.165) is 5.57 Å². The van der Waals surface area contributed by atoms with Crippen molar-refractivity contribution in [2.75, 3.05) is 0 Å². The Hall–Kier alpha value is -1.09. The van der Waals surface area contributed by atoms with E-state index in [2.05, 4.69) is 11.1 Å². The fourth-order valence-corrected chi connectivity index (χ4v) is 7.66. The second kappa shape index (κ2) is 6.95. The molecule has 0 aliphatic heterocycles. The molecule has 0 bridgehead atoms. The molecule has 4 aliphatic rings. The molecule has 6 nitrogen and oxygen atoms in total. The average Bonchev–Trinajstić information content (AvgIpc) is 2.95. The van der Waals surface area contributed by atoms with Crippen LogP contribution in [0.4, 0.5) is 13.2 Å². The molecule has 1 fully saturated rings. The van der Waals surface area contributed by atoms with Gasteiger partial charge in [0.1, 0.15) is 5.76 Å². The molecule has 0 spiro atoms. The van der Waals surface area contributed by atoms with Crippen molar-refractivity contribution in [1.29, 1.82) is 0 Å². The fraction of sp³-hybridized carbons (Fsp3) is 0.700. The lowest BCUT2D eigenvalue weighted by Crippen LogP contribution is -2.49. The van der Waals surface area contributed by atoms with Crippen LogP contribution in [0.1, 0.15) is 52.4 Å². The monoisotopic (exact) mass is 482 g/mol. The highest BCUT2D eigenvalue weighted by Crippen LogP contribution is 2.66. The Labute approximate surface area is 179 Å². The quantitative estimate of drug-likeness (QED) is 0.334.